The Morgan fingerprint density at radius 2 is 1.42 bits per heavy atom. The average molecular weight is 491 g/mol. The number of unbranched alkanes of at least 4 members (excludes halogenated alkanes) is 3. The molecule has 4 heteroatoms. The fourth-order valence-corrected chi connectivity index (χ4v) is 6.34. The van der Waals surface area contributed by atoms with Gasteiger partial charge in [-0.15, -0.1) is 0 Å². The van der Waals surface area contributed by atoms with E-state index in [-0.39, 0.29) is 11.9 Å². The molecule has 0 amide bonds. The van der Waals surface area contributed by atoms with E-state index in [1.165, 1.54) is 76.2 Å². The number of aromatic nitrogens is 2. The number of rotatable bonds is 11. The fraction of sp³-hybridized carbons (Fsp3) is 0.656. The van der Waals surface area contributed by atoms with Gasteiger partial charge >= 0.3 is 5.97 Å². The lowest BCUT2D eigenvalue weighted by atomic mass is 9.68. The molecule has 0 radical (unpaired) electrons. The number of carbonyl (C=O) groups is 1. The lowest BCUT2D eigenvalue weighted by Gasteiger charge is -2.37. The van der Waals surface area contributed by atoms with Crippen molar-refractivity contribution in [2.75, 3.05) is 0 Å². The summed E-state index contributed by atoms with van der Waals surface area (Å²) in [4.78, 5) is 21.9. The van der Waals surface area contributed by atoms with Crippen LogP contribution in [0.2, 0.25) is 0 Å². The fourth-order valence-electron chi connectivity index (χ4n) is 6.34. The highest BCUT2D eigenvalue weighted by Gasteiger charge is 2.33. The molecule has 0 bridgehead atoms. The molecule has 4 rings (SSSR count). The van der Waals surface area contributed by atoms with Gasteiger partial charge in [-0.05, 0) is 98.9 Å². The zero-order chi connectivity index (χ0) is 25.2. The summed E-state index contributed by atoms with van der Waals surface area (Å²) in [5.74, 6) is 4.00. The highest BCUT2D eigenvalue weighted by atomic mass is 16.5. The second-order valence-electron chi connectivity index (χ2n) is 11.4. The predicted molar refractivity (Wildman–Crippen MR) is 147 cm³/mol. The zero-order valence-electron chi connectivity index (χ0n) is 22.6. The van der Waals surface area contributed by atoms with E-state index in [2.05, 4.69) is 23.8 Å². The monoisotopic (exact) mass is 490 g/mol. The molecule has 0 unspecified atom stereocenters. The van der Waals surface area contributed by atoms with Crippen molar-refractivity contribution in [2.45, 2.75) is 110 Å². The highest BCUT2D eigenvalue weighted by molar-refractivity contribution is 5.75. The lowest BCUT2D eigenvalue weighted by molar-refractivity contribution is -0.140. The third-order valence-corrected chi connectivity index (χ3v) is 8.73. The first kappa shape index (κ1) is 26.8. The first-order valence-electron chi connectivity index (χ1n) is 14.8. The van der Waals surface area contributed by atoms with Crippen molar-refractivity contribution in [2.24, 2.45) is 23.7 Å². The minimum absolute atomic E-state index is 0.0466. The first-order valence-corrected chi connectivity index (χ1v) is 14.8. The molecule has 1 aromatic carbocycles. The van der Waals surface area contributed by atoms with E-state index < -0.39 is 0 Å². The topological polar surface area (TPSA) is 52.1 Å². The van der Waals surface area contributed by atoms with E-state index >= 15 is 0 Å². The van der Waals surface area contributed by atoms with Gasteiger partial charge in [0.1, 0.15) is 5.75 Å². The summed E-state index contributed by atoms with van der Waals surface area (Å²) in [6.07, 6.45) is 22.8. The van der Waals surface area contributed by atoms with Crippen molar-refractivity contribution in [1.82, 2.24) is 9.97 Å². The Hall–Kier alpha value is -2.23. The zero-order valence-corrected chi connectivity index (χ0v) is 22.6. The van der Waals surface area contributed by atoms with Gasteiger partial charge < -0.3 is 4.74 Å². The second-order valence-corrected chi connectivity index (χ2v) is 11.4. The van der Waals surface area contributed by atoms with E-state index in [1.807, 2.05) is 36.7 Å². The van der Waals surface area contributed by atoms with E-state index in [0.29, 0.717) is 11.6 Å². The third-order valence-electron chi connectivity index (χ3n) is 8.73. The van der Waals surface area contributed by atoms with Gasteiger partial charge in [0.05, 0.1) is 5.92 Å². The molecule has 0 saturated heterocycles. The van der Waals surface area contributed by atoms with Crippen LogP contribution in [0.5, 0.6) is 5.75 Å². The Kier molecular flexibility index (Phi) is 10.4. The molecule has 36 heavy (non-hydrogen) atoms. The lowest BCUT2D eigenvalue weighted by Crippen LogP contribution is -2.30. The van der Waals surface area contributed by atoms with Crippen LogP contribution in [0, 0.1) is 23.7 Å². The molecule has 196 valence electrons. The molecule has 2 saturated carbocycles. The number of nitrogens with zero attached hydrogens (tertiary/aromatic N) is 2. The van der Waals surface area contributed by atoms with Crippen LogP contribution in [0.25, 0.3) is 11.4 Å². The third kappa shape index (κ3) is 7.63. The molecule has 1 heterocycles. The van der Waals surface area contributed by atoms with Crippen molar-refractivity contribution < 1.29 is 9.53 Å². The summed E-state index contributed by atoms with van der Waals surface area (Å²) in [7, 11) is 0. The molecular weight excluding hydrogens is 444 g/mol. The maximum atomic E-state index is 12.9. The molecule has 0 spiro atoms. The molecule has 2 aromatic rings. The van der Waals surface area contributed by atoms with E-state index in [4.69, 9.17) is 4.74 Å². The van der Waals surface area contributed by atoms with Gasteiger partial charge in [0.2, 0.25) is 0 Å². The van der Waals surface area contributed by atoms with Crippen LogP contribution in [0.1, 0.15) is 109 Å². The van der Waals surface area contributed by atoms with Crippen LogP contribution in [0.15, 0.2) is 36.7 Å². The Bertz CT molecular complexity index is 908. The average Bonchev–Trinajstić information content (AvgIpc) is 2.93. The minimum atomic E-state index is -0.0580. The van der Waals surface area contributed by atoms with Gasteiger partial charge in [-0.2, -0.15) is 0 Å². The largest absolute Gasteiger partial charge is 0.426 e. The molecule has 4 nitrogen and oxygen atoms in total. The molecular formula is C32H46N2O2. The summed E-state index contributed by atoms with van der Waals surface area (Å²) in [6.45, 7) is 4.49. The summed E-state index contributed by atoms with van der Waals surface area (Å²) >= 11 is 0. The standard InChI is InChI=1S/C32H46N2O2/c1-3-5-7-9-24-10-12-26(13-11-24)27-14-16-29(17-15-27)32(35)36-30-20-18-28(19-21-30)31-33-22-25(23-34-31)8-6-4-2/h18-24,26-27,29H,3-17H2,1-2H3/t24-,26-,27-,29-. The number of carbonyl (C=O) groups excluding carboxylic acids is 1. The van der Waals surface area contributed by atoms with Gasteiger partial charge in [-0.25, -0.2) is 9.97 Å². The summed E-state index contributed by atoms with van der Waals surface area (Å²) in [5.41, 5.74) is 2.12. The smallest absolute Gasteiger partial charge is 0.314 e. The molecule has 2 aliphatic carbocycles. The summed E-state index contributed by atoms with van der Waals surface area (Å²) in [5, 5.41) is 0. The van der Waals surface area contributed by atoms with Crippen molar-refractivity contribution in [3.63, 3.8) is 0 Å². The Morgan fingerprint density at radius 1 is 0.806 bits per heavy atom. The second kappa shape index (κ2) is 13.9. The van der Waals surface area contributed by atoms with Crippen LogP contribution in [-0.2, 0) is 11.2 Å². The Balaban J connectivity index is 1.19. The Morgan fingerprint density at radius 3 is 2.03 bits per heavy atom. The molecule has 2 aliphatic rings. The van der Waals surface area contributed by atoms with Gasteiger partial charge in [0.15, 0.2) is 5.82 Å². The summed E-state index contributed by atoms with van der Waals surface area (Å²) in [6, 6.07) is 7.62. The molecule has 1 aromatic heterocycles. The van der Waals surface area contributed by atoms with Gasteiger partial charge in [-0.3, -0.25) is 4.79 Å². The number of aryl methyl sites for hydroxylation is 1. The number of hydrogen-bond donors (Lipinski definition) is 0. The highest BCUT2D eigenvalue weighted by Crippen LogP contribution is 2.42. The van der Waals surface area contributed by atoms with Gasteiger partial charge in [-0.1, -0.05) is 58.8 Å². The van der Waals surface area contributed by atoms with Gasteiger partial charge in [0, 0.05) is 18.0 Å². The van der Waals surface area contributed by atoms with E-state index in [9.17, 15) is 4.79 Å². The maximum Gasteiger partial charge on any atom is 0.314 e. The van der Waals surface area contributed by atoms with Crippen LogP contribution >= 0.6 is 0 Å². The van der Waals surface area contributed by atoms with Crippen molar-refractivity contribution in [3.8, 4) is 17.1 Å². The number of hydrogen-bond acceptors (Lipinski definition) is 4. The quantitative estimate of drug-likeness (QED) is 0.180. The number of esters is 1. The van der Waals surface area contributed by atoms with E-state index in [0.717, 1.165) is 49.0 Å². The van der Waals surface area contributed by atoms with Crippen molar-refractivity contribution in [3.05, 3.63) is 42.2 Å². The van der Waals surface area contributed by atoms with Gasteiger partial charge in [0.25, 0.3) is 0 Å². The molecule has 0 aliphatic heterocycles. The van der Waals surface area contributed by atoms with Crippen LogP contribution in [0.3, 0.4) is 0 Å². The molecule has 0 atom stereocenters. The minimum Gasteiger partial charge on any atom is -0.426 e. The SMILES string of the molecule is CCCCC[C@H]1CC[C@H]([C@H]2CC[C@H](C(=O)Oc3ccc(-c4ncc(CCCC)cn4)cc3)CC2)CC1. The van der Waals surface area contributed by atoms with Crippen molar-refractivity contribution >= 4 is 5.97 Å². The Labute approximate surface area is 218 Å². The van der Waals surface area contributed by atoms with Crippen LogP contribution < -0.4 is 4.74 Å². The number of benzene rings is 1. The molecule has 2 fully saturated rings. The molecule has 0 N–H and O–H groups in total. The number of ether oxygens (including phenoxy) is 1. The van der Waals surface area contributed by atoms with E-state index in [1.54, 1.807) is 0 Å². The van der Waals surface area contributed by atoms with Crippen LogP contribution in [-0.4, -0.2) is 15.9 Å². The normalized spacial score (nSPS) is 24.4. The predicted octanol–water partition coefficient (Wildman–Crippen LogP) is 8.58. The summed E-state index contributed by atoms with van der Waals surface area (Å²) < 4.78 is 5.77. The van der Waals surface area contributed by atoms with Crippen molar-refractivity contribution in [1.29, 1.82) is 0 Å². The maximum absolute atomic E-state index is 12.9. The first-order chi connectivity index (χ1) is 17.7. The van der Waals surface area contributed by atoms with Crippen LogP contribution in [0.4, 0.5) is 0 Å².